The lowest BCUT2D eigenvalue weighted by Crippen LogP contribution is -2.51. The van der Waals surface area contributed by atoms with E-state index in [9.17, 15) is 8.42 Å². The maximum atomic E-state index is 12.6. The highest BCUT2D eigenvalue weighted by atomic mass is 32.2. The summed E-state index contributed by atoms with van der Waals surface area (Å²) in [7, 11) is -3.17. The normalized spacial score (nSPS) is 29.0. The summed E-state index contributed by atoms with van der Waals surface area (Å²) in [6.45, 7) is 2.15. The topological polar surface area (TPSA) is 55.8 Å². The maximum absolute atomic E-state index is 12.6. The van der Waals surface area contributed by atoms with Crippen LogP contribution in [0.25, 0.3) is 0 Å². The smallest absolute Gasteiger partial charge is 0.214 e. The number of piperidine rings is 1. The van der Waals surface area contributed by atoms with Crippen LogP contribution in [0.15, 0.2) is 0 Å². The zero-order valence-corrected chi connectivity index (χ0v) is 12.9. The second kappa shape index (κ2) is 5.91. The van der Waals surface area contributed by atoms with Gasteiger partial charge in [-0.3, -0.25) is 0 Å². The molecule has 2 aliphatic heterocycles. The zero-order valence-electron chi connectivity index (χ0n) is 12.1. The van der Waals surface area contributed by atoms with E-state index in [0.29, 0.717) is 38.0 Å². The van der Waals surface area contributed by atoms with E-state index >= 15 is 0 Å². The molecule has 1 spiro atoms. The molecule has 0 atom stereocenters. The molecule has 2 saturated heterocycles. The molecule has 0 amide bonds. The third kappa shape index (κ3) is 3.18. The molecule has 116 valence electrons. The molecular weight excluding hydrogens is 278 g/mol. The van der Waals surface area contributed by atoms with Crippen LogP contribution in [0.4, 0.5) is 0 Å². The first-order chi connectivity index (χ1) is 9.60. The summed E-state index contributed by atoms with van der Waals surface area (Å²) in [5.41, 5.74) is 0. The summed E-state index contributed by atoms with van der Waals surface area (Å²) >= 11 is 0. The van der Waals surface area contributed by atoms with E-state index in [4.69, 9.17) is 9.47 Å². The number of rotatable bonds is 3. The zero-order chi connectivity index (χ0) is 14.1. The van der Waals surface area contributed by atoms with Crippen LogP contribution in [0.3, 0.4) is 0 Å². The number of sulfonamides is 1. The van der Waals surface area contributed by atoms with E-state index in [1.165, 1.54) is 19.3 Å². The van der Waals surface area contributed by atoms with Crippen molar-refractivity contribution in [1.29, 1.82) is 0 Å². The van der Waals surface area contributed by atoms with Crippen molar-refractivity contribution in [2.45, 2.75) is 50.7 Å². The molecule has 0 aromatic heterocycles. The van der Waals surface area contributed by atoms with E-state index in [1.807, 2.05) is 0 Å². The summed E-state index contributed by atoms with van der Waals surface area (Å²) in [6, 6.07) is 0. The average molecular weight is 303 g/mol. The molecule has 0 bridgehead atoms. The number of hydrogen-bond donors (Lipinski definition) is 0. The van der Waals surface area contributed by atoms with Crippen LogP contribution in [0.1, 0.15) is 44.9 Å². The Hall–Kier alpha value is -0.170. The van der Waals surface area contributed by atoms with E-state index in [0.717, 1.165) is 25.7 Å². The Morgan fingerprint density at radius 3 is 2.45 bits per heavy atom. The Morgan fingerprint density at radius 2 is 1.75 bits per heavy atom. The summed E-state index contributed by atoms with van der Waals surface area (Å²) in [6.07, 6.45) is 7.36. The summed E-state index contributed by atoms with van der Waals surface area (Å²) in [5.74, 6) is -0.00178. The fraction of sp³-hybridized carbons (Fsp3) is 1.00. The first kappa shape index (κ1) is 14.8. The number of hydrogen-bond acceptors (Lipinski definition) is 4. The van der Waals surface area contributed by atoms with Gasteiger partial charge in [0.2, 0.25) is 10.0 Å². The molecule has 20 heavy (non-hydrogen) atoms. The molecule has 3 aliphatic rings. The molecule has 1 aliphatic carbocycles. The number of nitrogens with zero attached hydrogens (tertiary/aromatic N) is 1. The fourth-order valence-electron chi connectivity index (χ4n) is 3.68. The minimum Gasteiger partial charge on any atom is -0.346 e. The molecule has 3 fully saturated rings. The Balaban J connectivity index is 1.64. The molecule has 0 radical (unpaired) electrons. The van der Waals surface area contributed by atoms with E-state index < -0.39 is 15.8 Å². The van der Waals surface area contributed by atoms with Gasteiger partial charge in [0.15, 0.2) is 5.79 Å². The molecule has 0 N–H and O–H groups in total. The predicted molar refractivity (Wildman–Crippen MR) is 75.8 cm³/mol. The Labute approximate surface area is 121 Å². The van der Waals surface area contributed by atoms with Crippen LogP contribution in [0.5, 0.6) is 0 Å². The van der Waals surface area contributed by atoms with Crippen molar-refractivity contribution in [3.63, 3.8) is 0 Å². The van der Waals surface area contributed by atoms with E-state index in [2.05, 4.69) is 0 Å². The molecule has 2 heterocycles. The second-order valence-corrected chi connectivity index (χ2v) is 8.34. The number of ether oxygens (including phenoxy) is 2. The van der Waals surface area contributed by atoms with Gasteiger partial charge in [0.1, 0.15) is 0 Å². The van der Waals surface area contributed by atoms with E-state index in [1.54, 1.807) is 4.31 Å². The molecule has 6 heteroatoms. The van der Waals surface area contributed by atoms with Crippen molar-refractivity contribution in [1.82, 2.24) is 4.31 Å². The minimum absolute atomic E-state index is 0.309. The maximum Gasteiger partial charge on any atom is 0.214 e. The van der Waals surface area contributed by atoms with Crippen molar-refractivity contribution in [2.24, 2.45) is 5.92 Å². The SMILES string of the molecule is O=S(=O)(CC1CCCCC1)N1CCCC2(C1)OCCO2. The molecule has 0 unspecified atom stereocenters. The van der Waals surface area contributed by atoms with Gasteiger partial charge in [-0.05, 0) is 25.2 Å². The predicted octanol–water partition coefficient (Wildman–Crippen LogP) is 1.74. The second-order valence-electron chi connectivity index (χ2n) is 6.33. The third-order valence-corrected chi connectivity index (χ3v) is 6.75. The van der Waals surface area contributed by atoms with Gasteiger partial charge < -0.3 is 9.47 Å². The van der Waals surface area contributed by atoms with Crippen molar-refractivity contribution < 1.29 is 17.9 Å². The molecule has 5 nitrogen and oxygen atoms in total. The molecule has 3 rings (SSSR count). The van der Waals surface area contributed by atoms with Crippen LogP contribution in [-0.2, 0) is 19.5 Å². The highest BCUT2D eigenvalue weighted by Crippen LogP contribution is 2.33. The molecular formula is C14H25NO4S. The van der Waals surface area contributed by atoms with Crippen LogP contribution >= 0.6 is 0 Å². The Morgan fingerprint density at radius 1 is 1.05 bits per heavy atom. The van der Waals surface area contributed by atoms with Gasteiger partial charge in [-0.2, -0.15) is 4.31 Å². The fourth-order valence-corrected chi connectivity index (χ4v) is 5.62. The molecule has 1 saturated carbocycles. The van der Waals surface area contributed by atoms with Crippen LogP contribution in [0, 0.1) is 5.92 Å². The van der Waals surface area contributed by atoms with Crippen molar-refractivity contribution in [3.05, 3.63) is 0 Å². The Kier molecular flexibility index (Phi) is 4.36. The third-order valence-electron chi connectivity index (χ3n) is 4.76. The van der Waals surface area contributed by atoms with Crippen molar-refractivity contribution in [3.8, 4) is 0 Å². The average Bonchev–Trinajstić information content (AvgIpc) is 2.87. The largest absolute Gasteiger partial charge is 0.346 e. The Bertz CT molecular complexity index is 424. The lowest BCUT2D eigenvalue weighted by molar-refractivity contribution is -0.179. The van der Waals surface area contributed by atoms with Crippen molar-refractivity contribution in [2.75, 3.05) is 32.1 Å². The molecule has 0 aromatic carbocycles. The first-order valence-corrected chi connectivity index (χ1v) is 9.46. The van der Waals surface area contributed by atoms with Crippen LogP contribution in [-0.4, -0.2) is 50.6 Å². The lowest BCUT2D eigenvalue weighted by Gasteiger charge is -2.38. The standard InChI is InChI=1S/C14H25NO4S/c16-20(17,11-13-5-2-1-3-6-13)15-8-4-7-14(12-15)18-9-10-19-14/h13H,1-12H2. The van der Waals surface area contributed by atoms with Gasteiger partial charge in [0.05, 0.1) is 25.5 Å². The van der Waals surface area contributed by atoms with Gasteiger partial charge >= 0.3 is 0 Å². The highest BCUT2D eigenvalue weighted by molar-refractivity contribution is 7.89. The monoisotopic (exact) mass is 303 g/mol. The molecule has 0 aromatic rings. The lowest BCUT2D eigenvalue weighted by atomic mass is 9.91. The van der Waals surface area contributed by atoms with Crippen molar-refractivity contribution >= 4 is 10.0 Å². The summed E-state index contributed by atoms with van der Waals surface area (Å²) < 4.78 is 38.2. The van der Waals surface area contributed by atoms with Crippen LogP contribution < -0.4 is 0 Å². The summed E-state index contributed by atoms with van der Waals surface area (Å²) in [4.78, 5) is 0. The minimum atomic E-state index is -3.17. The van der Waals surface area contributed by atoms with Gasteiger partial charge in [-0.1, -0.05) is 19.3 Å². The quantitative estimate of drug-likeness (QED) is 0.797. The van der Waals surface area contributed by atoms with Gasteiger partial charge in [0.25, 0.3) is 0 Å². The first-order valence-electron chi connectivity index (χ1n) is 7.85. The van der Waals surface area contributed by atoms with E-state index in [-0.39, 0.29) is 0 Å². The summed E-state index contributed by atoms with van der Waals surface area (Å²) in [5, 5.41) is 0. The van der Waals surface area contributed by atoms with Gasteiger partial charge in [0, 0.05) is 13.0 Å². The van der Waals surface area contributed by atoms with Gasteiger partial charge in [-0.25, -0.2) is 8.42 Å². The highest BCUT2D eigenvalue weighted by Gasteiger charge is 2.44. The van der Waals surface area contributed by atoms with Gasteiger partial charge in [-0.15, -0.1) is 0 Å². The van der Waals surface area contributed by atoms with Crippen LogP contribution in [0.2, 0.25) is 0 Å².